The molecule has 1 fully saturated rings. The van der Waals surface area contributed by atoms with E-state index < -0.39 is 5.41 Å². The number of hydrogen-bond acceptors (Lipinski definition) is 5. The summed E-state index contributed by atoms with van der Waals surface area (Å²) in [7, 11) is 0. The van der Waals surface area contributed by atoms with Crippen molar-refractivity contribution < 1.29 is 23.8 Å². The highest BCUT2D eigenvalue weighted by atomic mass is 16.7. The number of carbonyl (C=O) groups is 2. The zero-order valence-corrected chi connectivity index (χ0v) is 16.6. The molecule has 0 bridgehead atoms. The van der Waals surface area contributed by atoms with Gasteiger partial charge in [0, 0.05) is 30.4 Å². The molecule has 0 radical (unpaired) electrons. The summed E-state index contributed by atoms with van der Waals surface area (Å²) in [6, 6.07) is 11.4. The first-order valence-electron chi connectivity index (χ1n) is 10.4. The van der Waals surface area contributed by atoms with Gasteiger partial charge in [0.25, 0.3) is 0 Å². The van der Waals surface area contributed by atoms with Crippen molar-refractivity contribution in [1.82, 2.24) is 4.90 Å². The maximum Gasteiger partial charge on any atom is 0.246 e. The van der Waals surface area contributed by atoms with Crippen LogP contribution >= 0.6 is 0 Å². The number of fused-ring (bicyclic) bond motifs is 5. The number of rotatable bonds is 2. The number of para-hydroxylation sites is 1. The van der Waals surface area contributed by atoms with Gasteiger partial charge < -0.3 is 24.0 Å². The number of anilines is 1. The SMILES string of the molecule is O=C(CN1C(=O)C2(COc3cc4c(cc32)OCO4)c2ccccc21)N1CCCCC1. The molecule has 4 aliphatic rings. The predicted octanol–water partition coefficient (Wildman–Crippen LogP) is 2.45. The average Bonchev–Trinajstić information content (AvgIpc) is 3.46. The van der Waals surface area contributed by atoms with Gasteiger partial charge >= 0.3 is 0 Å². The molecule has 0 saturated carbocycles. The van der Waals surface area contributed by atoms with Crippen LogP contribution in [0.25, 0.3) is 0 Å². The molecule has 1 unspecified atom stereocenters. The lowest BCUT2D eigenvalue weighted by molar-refractivity contribution is -0.132. The third-order valence-corrected chi connectivity index (χ3v) is 6.65. The van der Waals surface area contributed by atoms with E-state index in [1.807, 2.05) is 35.2 Å². The number of likely N-dealkylation sites (tertiary alicyclic amines) is 1. The highest BCUT2D eigenvalue weighted by Gasteiger charge is 2.57. The fraction of sp³-hybridized carbons (Fsp3) is 0.391. The highest BCUT2D eigenvalue weighted by Crippen LogP contribution is 2.54. The Hall–Kier alpha value is -3.22. The van der Waals surface area contributed by atoms with Crippen molar-refractivity contribution in [3.05, 3.63) is 47.5 Å². The van der Waals surface area contributed by atoms with Gasteiger partial charge in [0.2, 0.25) is 18.6 Å². The van der Waals surface area contributed by atoms with E-state index in [1.165, 1.54) is 0 Å². The molecule has 1 saturated heterocycles. The average molecular weight is 406 g/mol. The molecule has 2 aromatic carbocycles. The molecule has 1 atom stereocenters. The first-order chi connectivity index (χ1) is 14.7. The summed E-state index contributed by atoms with van der Waals surface area (Å²) < 4.78 is 17.0. The molecule has 154 valence electrons. The highest BCUT2D eigenvalue weighted by molar-refractivity contribution is 6.13. The molecule has 2 aromatic rings. The Morgan fingerprint density at radius 3 is 2.53 bits per heavy atom. The Bertz CT molecular complexity index is 1060. The quantitative estimate of drug-likeness (QED) is 0.766. The first kappa shape index (κ1) is 17.6. The molecule has 4 aliphatic heterocycles. The molecule has 0 N–H and O–H groups in total. The number of nitrogens with zero attached hydrogens (tertiary/aromatic N) is 2. The zero-order valence-electron chi connectivity index (χ0n) is 16.6. The minimum Gasteiger partial charge on any atom is -0.491 e. The molecule has 0 aliphatic carbocycles. The van der Waals surface area contributed by atoms with Crippen LogP contribution in [0.4, 0.5) is 5.69 Å². The summed E-state index contributed by atoms with van der Waals surface area (Å²) in [6.45, 7) is 1.95. The molecule has 0 aromatic heterocycles. The second-order valence-electron chi connectivity index (χ2n) is 8.25. The van der Waals surface area contributed by atoms with E-state index in [9.17, 15) is 9.59 Å². The lowest BCUT2D eigenvalue weighted by atomic mass is 9.77. The summed E-state index contributed by atoms with van der Waals surface area (Å²) in [5.74, 6) is 1.76. The van der Waals surface area contributed by atoms with Crippen LogP contribution in [0.1, 0.15) is 30.4 Å². The number of ether oxygens (including phenoxy) is 3. The van der Waals surface area contributed by atoms with Crippen LogP contribution in [-0.4, -0.2) is 49.7 Å². The molecular weight excluding hydrogens is 384 g/mol. The van der Waals surface area contributed by atoms with Gasteiger partial charge in [-0.1, -0.05) is 18.2 Å². The number of amides is 2. The normalized spacial score (nSPS) is 23.5. The number of carbonyl (C=O) groups excluding carboxylic acids is 2. The molecule has 7 heteroatoms. The minimum atomic E-state index is -0.963. The van der Waals surface area contributed by atoms with Gasteiger partial charge in [-0.3, -0.25) is 9.59 Å². The molecular formula is C23H22N2O5. The van der Waals surface area contributed by atoms with Gasteiger partial charge in [0.05, 0.1) is 0 Å². The maximum absolute atomic E-state index is 13.9. The second-order valence-corrected chi connectivity index (χ2v) is 8.25. The van der Waals surface area contributed by atoms with Crippen LogP contribution in [0.15, 0.2) is 36.4 Å². The Balaban J connectivity index is 1.41. The smallest absolute Gasteiger partial charge is 0.246 e. The van der Waals surface area contributed by atoms with Crippen molar-refractivity contribution >= 4 is 17.5 Å². The Labute approximate surface area is 174 Å². The van der Waals surface area contributed by atoms with E-state index in [1.54, 1.807) is 11.0 Å². The van der Waals surface area contributed by atoms with Gasteiger partial charge in [-0.05, 0) is 37.0 Å². The van der Waals surface area contributed by atoms with Crippen LogP contribution in [0.5, 0.6) is 17.2 Å². The minimum absolute atomic E-state index is 0.000251. The monoisotopic (exact) mass is 406 g/mol. The molecule has 6 rings (SSSR count). The van der Waals surface area contributed by atoms with Crippen molar-refractivity contribution in [3.8, 4) is 17.2 Å². The maximum atomic E-state index is 13.9. The fourth-order valence-corrected chi connectivity index (χ4v) is 5.10. The largest absolute Gasteiger partial charge is 0.491 e. The number of hydrogen-bond donors (Lipinski definition) is 0. The van der Waals surface area contributed by atoms with Gasteiger partial charge in [0.1, 0.15) is 24.3 Å². The first-order valence-corrected chi connectivity index (χ1v) is 10.4. The van der Waals surface area contributed by atoms with Crippen molar-refractivity contribution in [2.75, 3.05) is 37.9 Å². The van der Waals surface area contributed by atoms with E-state index >= 15 is 0 Å². The van der Waals surface area contributed by atoms with Crippen LogP contribution in [0.2, 0.25) is 0 Å². The van der Waals surface area contributed by atoms with E-state index in [2.05, 4.69) is 0 Å². The van der Waals surface area contributed by atoms with Gasteiger partial charge in [-0.2, -0.15) is 0 Å². The van der Waals surface area contributed by atoms with Crippen LogP contribution < -0.4 is 19.1 Å². The topological polar surface area (TPSA) is 68.3 Å². The van der Waals surface area contributed by atoms with E-state index in [0.717, 1.165) is 49.2 Å². The molecule has 7 nitrogen and oxygen atoms in total. The fourth-order valence-electron chi connectivity index (χ4n) is 5.10. The van der Waals surface area contributed by atoms with Crippen molar-refractivity contribution in [1.29, 1.82) is 0 Å². The summed E-state index contributed by atoms with van der Waals surface area (Å²) in [6.07, 6.45) is 3.20. The zero-order chi connectivity index (χ0) is 20.3. The Morgan fingerprint density at radius 1 is 0.933 bits per heavy atom. The predicted molar refractivity (Wildman–Crippen MR) is 108 cm³/mol. The summed E-state index contributed by atoms with van der Waals surface area (Å²) in [5.41, 5.74) is 1.47. The molecule has 30 heavy (non-hydrogen) atoms. The third-order valence-electron chi connectivity index (χ3n) is 6.65. The molecule has 4 heterocycles. The van der Waals surface area contributed by atoms with Gasteiger partial charge in [0.15, 0.2) is 11.5 Å². The van der Waals surface area contributed by atoms with Crippen molar-refractivity contribution in [2.45, 2.75) is 24.7 Å². The Morgan fingerprint density at radius 2 is 1.70 bits per heavy atom. The lowest BCUT2D eigenvalue weighted by Gasteiger charge is -2.29. The van der Waals surface area contributed by atoms with E-state index in [-0.39, 0.29) is 31.8 Å². The molecule has 2 amide bonds. The second kappa shape index (κ2) is 6.39. The number of piperidine rings is 1. The van der Waals surface area contributed by atoms with Gasteiger partial charge in [-0.25, -0.2) is 0 Å². The van der Waals surface area contributed by atoms with Crippen molar-refractivity contribution in [2.24, 2.45) is 0 Å². The van der Waals surface area contributed by atoms with Gasteiger partial charge in [-0.15, -0.1) is 0 Å². The van der Waals surface area contributed by atoms with Crippen LogP contribution in [-0.2, 0) is 15.0 Å². The Kier molecular flexibility index (Phi) is 3.75. The standard InChI is InChI=1S/C23H22N2O5/c26-21(24-8-4-1-5-9-24)12-25-17-7-3-2-6-15(17)23(22(25)27)13-28-18-11-20-19(10-16(18)23)29-14-30-20/h2-3,6-7,10-11H,1,4-5,8-9,12-14H2. The summed E-state index contributed by atoms with van der Waals surface area (Å²) in [4.78, 5) is 30.4. The summed E-state index contributed by atoms with van der Waals surface area (Å²) in [5, 5.41) is 0. The van der Waals surface area contributed by atoms with E-state index in [4.69, 9.17) is 14.2 Å². The van der Waals surface area contributed by atoms with Crippen LogP contribution in [0.3, 0.4) is 0 Å². The van der Waals surface area contributed by atoms with Crippen molar-refractivity contribution in [3.63, 3.8) is 0 Å². The lowest BCUT2D eigenvalue weighted by Crippen LogP contribution is -2.48. The summed E-state index contributed by atoms with van der Waals surface area (Å²) >= 11 is 0. The van der Waals surface area contributed by atoms with E-state index in [0.29, 0.717) is 17.2 Å². The third kappa shape index (κ3) is 2.32. The number of benzene rings is 2. The molecule has 1 spiro atoms. The van der Waals surface area contributed by atoms with Crippen LogP contribution in [0, 0.1) is 0 Å².